The third-order valence-electron chi connectivity index (χ3n) is 2.26. The Labute approximate surface area is 100 Å². The lowest BCUT2D eigenvalue weighted by atomic mass is 10.1. The van der Waals surface area contributed by atoms with Gasteiger partial charge in [-0.3, -0.25) is 4.74 Å². The maximum atomic E-state index is 12.8. The number of hydrogen-bond acceptors (Lipinski definition) is 1. The molecular weight excluding hydrogens is 302 g/mol. The molecule has 1 nitrogen and oxygen atoms in total. The molecule has 0 heterocycles. The molecule has 2 atom stereocenters. The van der Waals surface area contributed by atoms with E-state index in [0.717, 1.165) is 0 Å². The van der Waals surface area contributed by atoms with Crippen LogP contribution in [0.2, 0.25) is 0 Å². The van der Waals surface area contributed by atoms with E-state index in [9.17, 15) is 43.9 Å². The van der Waals surface area contributed by atoms with E-state index >= 15 is 0 Å². The smallest absolute Gasteiger partial charge is 0.254 e. The van der Waals surface area contributed by atoms with E-state index in [0.29, 0.717) is 0 Å². The van der Waals surface area contributed by atoms with Crippen LogP contribution < -0.4 is 0 Å². The molecule has 0 radical (unpaired) electrons. The zero-order valence-electron chi connectivity index (χ0n) is 9.34. The highest BCUT2D eigenvalue weighted by atomic mass is 19.4. The number of hydrogen-bond donors (Lipinski definition) is 0. The lowest BCUT2D eigenvalue weighted by Gasteiger charge is -2.32. The van der Waals surface area contributed by atoms with Gasteiger partial charge in [0.05, 0.1) is 0 Å². The van der Waals surface area contributed by atoms with Crippen molar-refractivity contribution in [3.63, 3.8) is 0 Å². The average Bonchev–Trinajstić information content (AvgIpc) is 2.10. The molecule has 0 aromatic heterocycles. The number of rotatable bonds is 4. The van der Waals surface area contributed by atoms with Crippen molar-refractivity contribution in [3.8, 4) is 0 Å². The van der Waals surface area contributed by atoms with Gasteiger partial charge in [0.2, 0.25) is 0 Å². The van der Waals surface area contributed by atoms with E-state index in [1.807, 2.05) is 0 Å². The van der Waals surface area contributed by atoms with Gasteiger partial charge in [0, 0.05) is 0 Å². The molecule has 0 spiro atoms. The van der Waals surface area contributed by atoms with Crippen LogP contribution in [-0.2, 0) is 4.74 Å². The summed E-state index contributed by atoms with van der Waals surface area (Å²) in [5, 5.41) is 0. The van der Waals surface area contributed by atoms with Crippen LogP contribution in [-0.4, -0.2) is 24.6 Å². The molecular formula is C8H8F10O. The summed E-state index contributed by atoms with van der Waals surface area (Å²) in [6, 6.07) is 0. The third kappa shape index (κ3) is 4.69. The monoisotopic (exact) mass is 310 g/mol. The quantitative estimate of drug-likeness (QED) is 0.690. The maximum Gasteiger partial charge on any atom is 0.399 e. The van der Waals surface area contributed by atoms with Crippen molar-refractivity contribution in [2.75, 3.05) is 0 Å². The molecule has 0 saturated carbocycles. The molecule has 0 aliphatic carbocycles. The third-order valence-corrected chi connectivity index (χ3v) is 2.26. The standard InChI is InChI=1S/C8H8F10O/c1-3(5(9,10)11)7(15,16)19-8(17,18)4(2)6(12,13)14/h3-4H,1-2H3. The van der Waals surface area contributed by atoms with E-state index in [-0.39, 0.29) is 13.8 Å². The Hall–Kier alpha value is -0.740. The highest BCUT2D eigenvalue weighted by molar-refractivity contribution is 4.77. The van der Waals surface area contributed by atoms with Gasteiger partial charge in [0.1, 0.15) is 11.8 Å². The Kier molecular flexibility index (Phi) is 4.79. The number of halogens is 10. The van der Waals surface area contributed by atoms with Crippen molar-refractivity contribution in [3.05, 3.63) is 0 Å². The minimum atomic E-state index is -5.61. The van der Waals surface area contributed by atoms with Crippen LogP contribution in [0, 0.1) is 11.8 Å². The summed E-state index contributed by atoms with van der Waals surface area (Å²) in [6.45, 7) is -0.372. The minimum Gasteiger partial charge on any atom is -0.254 e. The summed E-state index contributed by atoms with van der Waals surface area (Å²) in [7, 11) is 0. The Balaban J connectivity index is 5.11. The summed E-state index contributed by atoms with van der Waals surface area (Å²) in [5.41, 5.74) is 0. The van der Waals surface area contributed by atoms with Gasteiger partial charge < -0.3 is 0 Å². The molecule has 19 heavy (non-hydrogen) atoms. The molecule has 2 unspecified atom stereocenters. The number of ether oxygens (including phenoxy) is 1. The van der Waals surface area contributed by atoms with Crippen LogP contribution in [0.1, 0.15) is 13.8 Å². The lowest BCUT2D eigenvalue weighted by molar-refractivity contribution is -0.441. The van der Waals surface area contributed by atoms with E-state index < -0.39 is 36.4 Å². The first-order valence-corrected chi connectivity index (χ1v) is 4.61. The van der Waals surface area contributed by atoms with Crippen molar-refractivity contribution in [2.24, 2.45) is 11.8 Å². The largest absolute Gasteiger partial charge is 0.399 e. The fraction of sp³-hybridized carbons (Fsp3) is 1.00. The molecule has 0 fully saturated rings. The first-order valence-electron chi connectivity index (χ1n) is 4.61. The molecule has 0 aromatic rings. The van der Waals surface area contributed by atoms with Crippen LogP contribution >= 0.6 is 0 Å². The van der Waals surface area contributed by atoms with Crippen LogP contribution in [0.15, 0.2) is 0 Å². The van der Waals surface area contributed by atoms with Crippen LogP contribution in [0.3, 0.4) is 0 Å². The van der Waals surface area contributed by atoms with Gasteiger partial charge in [-0.2, -0.15) is 43.9 Å². The maximum absolute atomic E-state index is 12.8. The lowest BCUT2D eigenvalue weighted by Crippen LogP contribution is -2.48. The highest BCUT2D eigenvalue weighted by Crippen LogP contribution is 2.46. The second-order valence-corrected chi connectivity index (χ2v) is 3.75. The predicted octanol–water partition coefficient (Wildman–Crippen LogP) is 4.59. The molecule has 11 heteroatoms. The second kappa shape index (κ2) is 4.98. The van der Waals surface area contributed by atoms with Gasteiger partial charge in [-0.15, -0.1) is 0 Å². The normalized spacial score (nSPS) is 18.3. The summed E-state index contributed by atoms with van der Waals surface area (Å²) in [5.74, 6) is -7.38. The molecule has 0 N–H and O–H groups in total. The zero-order chi connectivity index (χ0) is 15.9. The molecule has 116 valence electrons. The van der Waals surface area contributed by atoms with Gasteiger partial charge in [-0.25, -0.2) is 0 Å². The fourth-order valence-corrected chi connectivity index (χ4v) is 0.739. The highest BCUT2D eigenvalue weighted by Gasteiger charge is 2.62. The SMILES string of the molecule is CC(C(F)(F)F)C(F)(F)OC(F)(F)C(C)C(F)(F)F. The van der Waals surface area contributed by atoms with Gasteiger partial charge in [-0.05, 0) is 13.8 Å². The van der Waals surface area contributed by atoms with Gasteiger partial charge in [0.25, 0.3) is 0 Å². The molecule has 0 aliphatic rings. The molecule has 0 aliphatic heterocycles. The molecule has 0 amide bonds. The second-order valence-electron chi connectivity index (χ2n) is 3.75. The summed E-state index contributed by atoms with van der Waals surface area (Å²) >= 11 is 0. The topological polar surface area (TPSA) is 9.23 Å². The Morgan fingerprint density at radius 2 is 0.789 bits per heavy atom. The van der Waals surface area contributed by atoms with Gasteiger partial charge in [0.15, 0.2) is 0 Å². The Morgan fingerprint density at radius 3 is 0.947 bits per heavy atom. The van der Waals surface area contributed by atoms with E-state index in [4.69, 9.17) is 0 Å². The molecule has 0 bridgehead atoms. The zero-order valence-corrected chi connectivity index (χ0v) is 9.34. The first kappa shape index (κ1) is 18.3. The van der Waals surface area contributed by atoms with Crippen LogP contribution in [0.25, 0.3) is 0 Å². The van der Waals surface area contributed by atoms with E-state index in [2.05, 4.69) is 4.74 Å². The van der Waals surface area contributed by atoms with E-state index in [1.54, 1.807) is 0 Å². The summed E-state index contributed by atoms with van der Waals surface area (Å²) < 4.78 is 125. The van der Waals surface area contributed by atoms with Gasteiger partial charge >= 0.3 is 24.6 Å². The van der Waals surface area contributed by atoms with Gasteiger partial charge in [-0.1, -0.05) is 0 Å². The summed E-state index contributed by atoms with van der Waals surface area (Å²) in [6.07, 6.45) is -22.2. The Morgan fingerprint density at radius 1 is 0.579 bits per heavy atom. The predicted molar refractivity (Wildman–Crippen MR) is 41.4 cm³/mol. The van der Waals surface area contributed by atoms with E-state index in [1.165, 1.54) is 0 Å². The average molecular weight is 310 g/mol. The molecule has 0 rings (SSSR count). The molecule has 0 aromatic carbocycles. The molecule has 0 saturated heterocycles. The minimum absolute atomic E-state index is 0.186. The van der Waals surface area contributed by atoms with Crippen molar-refractivity contribution < 1.29 is 48.6 Å². The van der Waals surface area contributed by atoms with Crippen molar-refractivity contribution in [1.82, 2.24) is 0 Å². The summed E-state index contributed by atoms with van der Waals surface area (Å²) in [4.78, 5) is 0. The van der Waals surface area contributed by atoms with Crippen molar-refractivity contribution in [2.45, 2.75) is 38.4 Å². The first-order chi connectivity index (χ1) is 8.02. The number of alkyl halides is 10. The Bertz CT molecular complexity index is 274. The van der Waals surface area contributed by atoms with Crippen LogP contribution in [0.4, 0.5) is 43.9 Å². The van der Waals surface area contributed by atoms with Crippen molar-refractivity contribution >= 4 is 0 Å². The fourth-order valence-electron chi connectivity index (χ4n) is 0.739. The van der Waals surface area contributed by atoms with Crippen molar-refractivity contribution in [1.29, 1.82) is 0 Å². The van der Waals surface area contributed by atoms with Crippen LogP contribution in [0.5, 0.6) is 0 Å².